The molecule has 0 aromatic heterocycles. The molecule has 2 unspecified atom stereocenters. The van der Waals surface area contributed by atoms with Crippen LogP contribution in [0.25, 0.3) is 0 Å². The van der Waals surface area contributed by atoms with Gasteiger partial charge in [-0.25, -0.2) is 0 Å². The van der Waals surface area contributed by atoms with E-state index in [0.717, 1.165) is 19.4 Å². The number of aliphatic hydroxyl groups is 1. The first-order valence-electron chi connectivity index (χ1n) is 8.80. The maximum absolute atomic E-state index is 9.91. The summed E-state index contributed by atoms with van der Waals surface area (Å²) in [6, 6.07) is 0. The van der Waals surface area contributed by atoms with Crippen LogP contribution in [-0.2, 0) is 0 Å². The molecule has 0 amide bonds. The summed E-state index contributed by atoms with van der Waals surface area (Å²) in [5, 5.41) is 13.6. The van der Waals surface area contributed by atoms with E-state index in [1.54, 1.807) is 0 Å². The highest BCUT2D eigenvalue weighted by Gasteiger charge is 2.41. The van der Waals surface area contributed by atoms with Crippen LogP contribution in [0, 0.1) is 5.92 Å². The van der Waals surface area contributed by atoms with E-state index in [4.69, 9.17) is 0 Å². The molecular weight excluding hydrogens is 248 g/mol. The third-order valence-electron chi connectivity index (χ3n) is 4.84. The van der Waals surface area contributed by atoms with Gasteiger partial charge in [-0.2, -0.15) is 0 Å². The van der Waals surface area contributed by atoms with E-state index in [0.29, 0.717) is 12.5 Å². The van der Waals surface area contributed by atoms with Gasteiger partial charge in [0.25, 0.3) is 0 Å². The Labute approximate surface area is 126 Å². The van der Waals surface area contributed by atoms with Gasteiger partial charge in [0.15, 0.2) is 0 Å². The van der Waals surface area contributed by atoms with Crippen molar-refractivity contribution in [2.45, 2.75) is 71.3 Å². The van der Waals surface area contributed by atoms with E-state index in [2.05, 4.69) is 31.0 Å². The molecule has 0 radical (unpaired) electrons. The minimum absolute atomic E-state index is 0.0140. The number of nitrogens with zero attached hydrogens (tertiary/aromatic N) is 1. The first-order chi connectivity index (χ1) is 9.72. The molecule has 1 rings (SSSR count). The second-order valence-corrected chi connectivity index (χ2v) is 6.46. The lowest BCUT2D eigenvalue weighted by atomic mass is 9.85. The Hall–Kier alpha value is -0.120. The van der Waals surface area contributed by atoms with Crippen molar-refractivity contribution in [1.82, 2.24) is 10.2 Å². The Morgan fingerprint density at radius 2 is 1.80 bits per heavy atom. The molecule has 3 nitrogen and oxygen atoms in total. The monoisotopic (exact) mass is 284 g/mol. The van der Waals surface area contributed by atoms with Crippen molar-refractivity contribution in [2.75, 3.05) is 32.8 Å². The van der Waals surface area contributed by atoms with Crippen molar-refractivity contribution in [3.8, 4) is 0 Å². The molecule has 0 bridgehead atoms. The predicted molar refractivity (Wildman–Crippen MR) is 87.1 cm³/mol. The van der Waals surface area contributed by atoms with E-state index in [-0.39, 0.29) is 5.54 Å². The van der Waals surface area contributed by atoms with Crippen molar-refractivity contribution in [2.24, 2.45) is 5.92 Å². The fraction of sp³-hybridized carbons (Fsp3) is 1.00. The van der Waals surface area contributed by atoms with E-state index in [9.17, 15) is 5.11 Å². The zero-order valence-corrected chi connectivity index (χ0v) is 14.0. The van der Waals surface area contributed by atoms with Gasteiger partial charge in [-0.05, 0) is 70.6 Å². The Bertz CT molecular complexity index is 241. The summed E-state index contributed by atoms with van der Waals surface area (Å²) in [7, 11) is 0. The third-order valence-corrected chi connectivity index (χ3v) is 4.84. The second-order valence-electron chi connectivity index (χ2n) is 6.46. The lowest BCUT2D eigenvalue weighted by molar-refractivity contribution is 0.111. The summed E-state index contributed by atoms with van der Waals surface area (Å²) in [6.45, 7) is 11.7. The lowest BCUT2D eigenvalue weighted by Crippen LogP contribution is -2.52. The standard InChI is InChI=1S/C17H36N2O/c1-4-11-18-17(15-20)10-7-8-16(17)9-14-19(12-5-2)13-6-3/h16,18,20H,4-15H2,1-3H3. The van der Waals surface area contributed by atoms with E-state index in [1.807, 2.05) is 0 Å². The van der Waals surface area contributed by atoms with Crippen LogP contribution in [0.3, 0.4) is 0 Å². The second kappa shape index (κ2) is 9.75. The molecule has 0 spiro atoms. The molecule has 20 heavy (non-hydrogen) atoms. The third kappa shape index (κ3) is 5.01. The van der Waals surface area contributed by atoms with E-state index >= 15 is 0 Å². The molecule has 120 valence electrons. The fourth-order valence-corrected chi connectivity index (χ4v) is 3.74. The van der Waals surface area contributed by atoms with Crippen molar-refractivity contribution >= 4 is 0 Å². The van der Waals surface area contributed by atoms with Crippen LogP contribution >= 0.6 is 0 Å². The van der Waals surface area contributed by atoms with Gasteiger partial charge in [-0.3, -0.25) is 0 Å². The highest BCUT2D eigenvalue weighted by atomic mass is 16.3. The zero-order chi connectivity index (χ0) is 14.8. The first kappa shape index (κ1) is 17.9. The van der Waals surface area contributed by atoms with Crippen LogP contribution in [0.2, 0.25) is 0 Å². The Morgan fingerprint density at radius 1 is 1.10 bits per heavy atom. The lowest BCUT2D eigenvalue weighted by Gasteiger charge is -2.36. The quantitative estimate of drug-likeness (QED) is 0.612. The Kier molecular flexibility index (Phi) is 8.74. The summed E-state index contributed by atoms with van der Waals surface area (Å²) in [6.07, 6.45) is 8.56. The van der Waals surface area contributed by atoms with Gasteiger partial charge in [-0.1, -0.05) is 27.2 Å². The summed E-state index contributed by atoms with van der Waals surface area (Å²) in [5.41, 5.74) is 0.0140. The number of nitrogens with one attached hydrogen (secondary N) is 1. The molecule has 1 saturated carbocycles. The summed E-state index contributed by atoms with van der Waals surface area (Å²) in [4.78, 5) is 2.60. The minimum Gasteiger partial charge on any atom is -0.394 e. The normalized spacial score (nSPS) is 26.6. The SMILES string of the molecule is CCCNC1(CO)CCCC1CCN(CCC)CCC. The highest BCUT2D eigenvalue weighted by molar-refractivity contribution is 4.99. The molecule has 1 fully saturated rings. The average Bonchev–Trinajstić information content (AvgIpc) is 2.86. The van der Waals surface area contributed by atoms with Gasteiger partial charge in [0, 0.05) is 5.54 Å². The number of aliphatic hydroxyl groups excluding tert-OH is 1. The van der Waals surface area contributed by atoms with Crippen molar-refractivity contribution in [3.63, 3.8) is 0 Å². The van der Waals surface area contributed by atoms with Gasteiger partial charge < -0.3 is 15.3 Å². The molecule has 2 atom stereocenters. The summed E-state index contributed by atoms with van der Waals surface area (Å²) < 4.78 is 0. The topological polar surface area (TPSA) is 35.5 Å². The van der Waals surface area contributed by atoms with Crippen molar-refractivity contribution in [1.29, 1.82) is 0 Å². The first-order valence-corrected chi connectivity index (χ1v) is 8.80. The Balaban J connectivity index is 2.50. The molecule has 3 heteroatoms. The maximum atomic E-state index is 9.91. The molecule has 0 aromatic carbocycles. The maximum Gasteiger partial charge on any atom is 0.0616 e. The number of rotatable bonds is 11. The fourth-order valence-electron chi connectivity index (χ4n) is 3.74. The number of hydrogen-bond acceptors (Lipinski definition) is 3. The molecule has 1 aliphatic carbocycles. The smallest absolute Gasteiger partial charge is 0.0616 e. The Morgan fingerprint density at radius 3 is 2.35 bits per heavy atom. The number of hydrogen-bond donors (Lipinski definition) is 2. The molecule has 0 aromatic rings. The summed E-state index contributed by atoms with van der Waals surface area (Å²) >= 11 is 0. The van der Waals surface area contributed by atoms with Gasteiger partial charge in [-0.15, -0.1) is 0 Å². The van der Waals surface area contributed by atoms with Gasteiger partial charge >= 0.3 is 0 Å². The molecular formula is C17H36N2O. The minimum atomic E-state index is 0.0140. The molecule has 0 heterocycles. The van der Waals surface area contributed by atoms with Crippen molar-refractivity contribution in [3.05, 3.63) is 0 Å². The largest absolute Gasteiger partial charge is 0.394 e. The van der Waals surface area contributed by atoms with Crippen LogP contribution in [-0.4, -0.2) is 48.3 Å². The molecule has 0 aliphatic heterocycles. The van der Waals surface area contributed by atoms with Crippen LogP contribution in [0.15, 0.2) is 0 Å². The molecule has 2 N–H and O–H groups in total. The van der Waals surface area contributed by atoms with Crippen LogP contribution < -0.4 is 5.32 Å². The molecule has 0 saturated heterocycles. The molecule has 1 aliphatic rings. The van der Waals surface area contributed by atoms with Gasteiger partial charge in [0.2, 0.25) is 0 Å². The van der Waals surface area contributed by atoms with Gasteiger partial charge in [0.05, 0.1) is 6.61 Å². The highest BCUT2D eigenvalue weighted by Crippen LogP contribution is 2.37. The van der Waals surface area contributed by atoms with Crippen molar-refractivity contribution < 1.29 is 5.11 Å². The summed E-state index contributed by atoms with van der Waals surface area (Å²) in [5.74, 6) is 0.648. The van der Waals surface area contributed by atoms with E-state index < -0.39 is 0 Å². The van der Waals surface area contributed by atoms with Crippen LogP contribution in [0.1, 0.15) is 65.7 Å². The average molecular weight is 284 g/mol. The van der Waals surface area contributed by atoms with Crippen LogP contribution in [0.5, 0.6) is 0 Å². The predicted octanol–water partition coefficient (Wildman–Crippen LogP) is 3.03. The van der Waals surface area contributed by atoms with E-state index in [1.165, 1.54) is 51.7 Å². The zero-order valence-electron chi connectivity index (χ0n) is 14.0. The van der Waals surface area contributed by atoms with Crippen LogP contribution in [0.4, 0.5) is 0 Å². The van der Waals surface area contributed by atoms with Gasteiger partial charge in [0.1, 0.15) is 0 Å².